The maximum atomic E-state index is 8.60. The number of nitrogens with zero attached hydrogens (tertiary/aromatic N) is 2. The minimum absolute atomic E-state index is 0.135. The van der Waals surface area contributed by atoms with Gasteiger partial charge in [0.25, 0.3) is 0 Å². The molecule has 0 fully saturated rings. The number of likely N-dealkylation sites (N-methyl/N-ethyl adjacent to an activating group) is 1. The molecule has 1 aromatic rings. The zero-order chi connectivity index (χ0) is 14.3. The Labute approximate surface area is 113 Å². The zero-order valence-corrected chi connectivity index (χ0v) is 11.5. The van der Waals surface area contributed by atoms with Crippen molar-refractivity contribution in [3.05, 3.63) is 24.3 Å². The van der Waals surface area contributed by atoms with Crippen LogP contribution in [0.1, 0.15) is 6.92 Å². The molecule has 0 radical (unpaired) electrons. The molecule has 0 heterocycles. The Hall–Kier alpha value is -1.95. The maximum absolute atomic E-state index is 8.60. The number of rotatable bonds is 7. The Morgan fingerprint density at radius 2 is 1.95 bits per heavy atom. The molecule has 6 nitrogen and oxygen atoms in total. The summed E-state index contributed by atoms with van der Waals surface area (Å²) in [5.74, 6) is 1.77. The molecule has 0 saturated carbocycles. The Balaban J connectivity index is 2.37. The van der Waals surface area contributed by atoms with Crippen molar-refractivity contribution in [1.82, 2.24) is 4.90 Å². The van der Waals surface area contributed by atoms with Crippen molar-refractivity contribution in [2.45, 2.75) is 13.0 Å². The summed E-state index contributed by atoms with van der Waals surface area (Å²) in [6.45, 7) is 3.05. The Morgan fingerprint density at radius 3 is 2.47 bits per heavy atom. The molecule has 0 spiro atoms. The van der Waals surface area contributed by atoms with Gasteiger partial charge < -0.3 is 20.4 Å². The van der Waals surface area contributed by atoms with E-state index >= 15 is 0 Å². The fourth-order valence-corrected chi connectivity index (χ4v) is 1.48. The number of benzene rings is 1. The third-order valence-electron chi connectivity index (χ3n) is 2.98. The van der Waals surface area contributed by atoms with Gasteiger partial charge >= 0.3 is 0 Å². The molecular formula is C13H21N3O3. The standard InChI is InChI=1S/C13H21N3O3/c1-10(13(14)15-17)16(2)8-9-19-12-6-4-11(18-3)5-7-12/h4-7,10,17H,8-9H2,1-3H3,(H2,14,15). The second-order valence-electron chi connectivity index (χ2n) is 4.21. The van der Waals surface area contributed by atoms with E-state index in [1.54, 1.807) is 7.11 Å². The normalized spacial score (nSPS) is 13.4. The quantitative estimate of drug-likeness (QED) is 0.335. The van der Waals surface area contributed by atoms with Gasteiger partial charge in [0.2, 0.25) is 0 Å². The molecular weight excluding hydrogens is 246 g/mol. The van der Waals surface area contributed by atoms with E-state index in [-0.39, 0.29) is 11.9 Å². The molecule has 1 unspecified atom stereocenters. The first kappa shape index (κ1) is 15.1. The number of hydrogen-bond donors (Lipinski definition) is 2. The van der Waals surface area contributed by atoms with Crippen LogP contribution in [0.2, 0.25) is 0 Å². The van der Waals surface area contributed by atoms with E-state index in [9.17, 15) is 0 Å². The average Bonchev–Trinajstić information content (AvgIpc) is 2.46. The van der Waals surface area contributed by atoms with Crippen molar-refractivity contribution in [2.24, 2.45) is 10.9 Å². The van der Waals surface area contributed by atoms with Gasteiger partial charge in [-0.25, -0.2) is 0 Å². The fraction of sp³-hybridized carbons (Fsp3) is 0.462. The van der Waals surface area contributed by atoms with Crippen LogP contribution in [0.5, 0.6) is 11.5 Å². The third-order valence-corrected chi connectivity index (χ3v) is 2.98. The van der Waals surface area contributed by atoms with E-state index in [1.165, 1.54) is 0 Å². The van der Waals surface area contributed by atoms with Gasteiger partial charge in [0.05, 0.1) is 13.2 Å². The highest BCUT2D eigenvalue weighted by molar-refractivity contribution is 5.84. The van der Waals surface area contributed by atoms with Crippen LogP contribution in [0.25, 0.3) is 0 Å². The number of hydrogen-bond acceptors (Lipinski definition) is 5. The number of amidine groups is 1. The fourth-order valence-electron chi connectivity index (χ4n) is 1.48. The summed E-state index contributed by atoms with van der Waals surface area (Å²) in [7, 11) is 3.51. The second-order valence-corrected chi connectivity index (χ2v) is 4.21. The number of nitrogens with two attached hydrogens (primary N) is 1. The minimum atomic E-state index is -0.135. The molecule has 106 valence electrons. The van der Waals surface area contributed by atoms with Gasteiger partial charge in [-0.1, -0.05) is 5.16 Å². The van der Waals surface area contributed by atoms with Gasteiger partial charge in [-0.3, -0.25) is 4.90 Å². The first-order valence-corrected chi connectivity index (χ1v) is 6.03. The summed E-state index contributed by atoms with van der Waals surface area (Å²) < 4.78 is 10.7. The minimum Gasteiger partial charge on any atom is -0.497 e. The molecule has 3 N–H and O–H groups in total. The lowest BCUT2D eigenvalue weighted by Crippen LogP contribution is -2.42. The van der Waals surface area contributed by atoms with Crippen LogP contribution in [0, 0.1) is 0 Å². The molecule has 0 aliphatic heterocycles. The van der Waals surface area contributed by atoms with E-state index < -0.39 is 0 Å². The topological polar surface area (TPSA) is 80.3 Å². The molecule has 1 aromatic carbocycles. The maximum Gasteiger partial charge on any atom is 0.156 e. The Kier molecular flexibility index (Phi) is 5.95. The lowest BCUT2D eigenvalue weighted by Gasteiger charge is -2.23. The smallest absolute Gasteiger partial charge is 0.156 e. The predicted molar refractivity (Wildman–Crippen MR) is 74.0 cm³/mol. The van der Waals surface area contributed by atoms with Crippen molar-refractivity contribution < 1.29 is 14.7 Å². The molecule has 0 aliphatic rings. The van der Waals surface area contributed by atoms with Crippen LogP contribution in [-0.4, -0.2) is 49.3 Å². The van der Waals surface area contributed by atoms with Crippen LogP contribution in [0.15, 0.2) is 29.4 Å². The van der Waals surface area contributed by atoms with E-state index in [0.29, 0.717) is 13.2 Å². The first-order valence-electron chi connectivity index (χ1n) is 6.03. The van der Waals surface area contributed by atoms with Gasteiger partial charge in [0, 0.05) is 6.54 Å². The van der Waals surface area contributed by atoms with E-state index in [4.69, 9.17) is 20.4 Å². The monoisotopic (exact) mass is 267 g/mol. The van der Waals surface area contributed by atoms with Crippen molar-refractivity contribution in [2.75, 3.05) is 27.3 Å². The average molecular weight is 267 g/mol. The number of methoxy groups -OCH3 is 1. The first-order chi connectivity index (χ1) is 9.08. The number of oxime groups is 1. The van der Waals surface area contributed by atoms with Crippen LogP contribution in [0.4, 0.5) is 0 Å². The highest BCUT2D eigenvalue weighted by Gasteiger charge is 2.13. The summed E-state index contributed by atoms with van der Waals surface area (Å²) in [6, 6.07) is 7.26. The lowest BCUT2D eigenvalue weighted by atomic mass is 10.3. The van der Waals surface area contributed by atoms with Crippen molar-refractivity contribution in [1.29, 1.82) is 0 Å². The lowest BCUT2D eigenvalue weighted by molar-refractivity contribution is 0.222. The van der Waals surface area contributed by atoms with Crippen molar-refractivity contribution >= 4 is 5.84 Å². The van der Waals surface area contributed by atoms with Crippen molar-refractivity contribution in [3.63, 3.8) is 0 Å². The van der Waals surface area contributed by atoms with Crippen LogP contribution in [0.3, 0.4) is 0 Å². The van der Waals surface area contributed by atoms with Crippen LogP contribution >= 0.6 is 0 Å². The van der Waals surface area contributed by atoms with Gasteiger partial charge in [-0.15, -0.1) is 0 Å². The second kappa shape index (κ2) is 7.48. The predicted octanol–water partition coefficient (Wildman–Crippen LogP) is 1.14. The largest absolute Gasteiger partial charge is 0.497 e. The molecule has 6 heteroatoms. The Morgan fingerprint density at radius 1 is 1.37 bits per heavy atom. The van der Waals surface area contributed by atoms with Crippen LogP contribution < -0.4 is 15.2 Å². The Bertz CT molecular complexity index is 406. The summed E-state index contributed by atoms with van der Waals surface area (Å²) >= 11 is 0. The van der Waals surface area contributed by atoms with Gasteiger partial charge in [-0.2, -0.15) is 0 Å². The van der Waals surface area contributed by atoms with E-state index in [1.807, 2.05) is 43.1 Å². The number of ether oxygens (including phenoxy) is 2. The van der Waals surface area contributed by atoms with Crippen LogP contribution in [-0.2, 0) is 0 Å². The summed E-state index contributed by atoms with van der Waals surface area (Å²) in [5.41, 5.74) is 5.54. The molecule has 0 amide bonds. The summed E-state index contributed by atoms with van der Waals surface area (Å²) in [5, 5.41) is 11.6. The highest BCUT2D eigenvalue weighted by atomic mass is 16.5. The van der Waals surface area contributed by atoms with E-state index in [2.05, 4.69) is 5.16 Å². The SMILES string of the molecule is COc1ccc(OCCN(C)C(C)C(N)=NO)cc1. The summed E-state index contributed by atoms with van der Waals surface area (Å²) in [4.78, 5) is 1.94. The molecule has 0 aromatic heterocycles. The van der Waals surface area contributed by atoms with Gasteiger partial charge in [0.15, 0.2) is 5.84 Å². The van der Waals surface area contributed by atoms with Gasteiger partial charge in [0.1, 0.15) is 18.1 Å². The third kappa shape index (κ3) is 4.67. The molecule has 0 aliphatic carbocycles. The van der Waals surface area contributed by atoms with E-state index in [0.717, 1.165) is 11.5 Å². The van der Waals surface area contributed by atoms with Crippen molar-refractivity contribution in [3.8, 4) is 11.5 Å². The molecule has 1 atom stereocenters. The molecule has 0 bridgehead atoms. The molecule has 0 saturated heterocycles. The van der Waals surface area contributed by atoms with Gasteiger partial charge in [-0.05, 0) is 38.2 Å². The molecule has 19 heavy (non-hydrogen) atoms. The summed E-state index contributed by atoms with van der Waals surface area (Å²) in [6.07, 6.45) is 0. The highest BCUT2D eigenvalue weighted by Crippen LogP contribution is 2.16. The molecule has 1 rings (SSSR count). The zero-order valence-electron chi connectivity index (χ0n) is 11.5.